The summed E-state index contributed by atoms with van der Waals surface area (Å²) in [5.41, 5.74) is 8.65. The molecular weight excluding hydrogens is 556 g/mol. The third kappa shape index (κ3) is 3.90. The molecule has 0 amide bonds. The van der Waals surface area contributed by atoms with E-state index in [1.165, 1.54) is 60.5 Å². The van der Waals surface area contributed by atoms with Crippen molar-refractivity contribution in [1.29, 1.82) is 0 Å². The molecule has 0 bridgehead atoms. The second-order valence-corrected chi connectivity index (χ2v) is 13.0. The van der Waals surface area contributed by atoms with Crippen molar-refractivity contribution in [3.05, 3.63) is 175 Å². The molecule has 220 valence electrons. The van der Waals surface area contributed by atoms with Crippen molar-refractivity contribution in [2.24, 2.45) is 0 Å². The Hall–Kier alpha value is -5.60. The van der Waals surface area contributed by atoms with Crippen molar-refractivity contribution in [1.82, 2.24) is 0 Å². The van der Waals surface area contributed by atoms with Crippen LogP contribution in [0, 0.1) is 0 Å². The Morgan fingerprint density at radius 2 is 1.00 bits per heavy atom. The fraction of sp³-hybridized carbons (Fsp3) is 0.0909. The molecule has 9 rings (SSSR count). The summed E-state index contributed by atoms with van der Waals surface area (Å²) in [6.07, 6.45) is 0. The molecule has 1 aliphatic rings. The van der Waals surface area contributed by atoms with Crippen molar-refractivity contribution in [2.45, 2.75) is 25.3 Å². The summed E-state index contributed by atoms with van der Waals surface area (Å²) >= 11 is 0. The predicted octanol–water partition coefficient (Wildman–Crippen LogP) is 12.2. The van der Waals surface area contributed by atoms with E-state index in [0.717, 1.165) is 11.4 Å². The van der Waals surface area contributed by atoms with Gasteiger partial charge in [-0.2, -0.15) is 0 Å². The van der Waals surface area contributed by atoms with E-state index in [0.29, 0.717) is 0 Å². The number of fused-ring (bicyclic) bond motifs is 1. The molecule has 46 heavy (non-hydrogen) atoms. The largest absolute Gasteiger partial charge is 0.332 e. The second kappa shape index (κ2) is 10.2. The van der Waals surface area contributed by atoms with Crippen LogP contribution in [-0.4, -0.2) is 0 Å². The van der Waals surface area contributed by atoms with Crippen LogP contribution in [0.3, 0.4) is 0 Å². The van der Waals surface area contributed by atoms with Gasteiger partial charge in [0.25, 0.3) is 0 Å². The smallest absolute Gasteiger partial charge is 0.0684 e. The molecular formula is C44H34N2. The maximum atomic E-state index is 2.61. The number of benzene rings is 8. The van der Waals surface area contributed by atoms with Crippen molar-refractivity contribution in [3.8, 4) is 0 Å². The molecule has 0 aromatic heterocycles. The van der Waals surface area contributed by atoms with Gasteiger partial charge in [-0.3, -0.25) is 0 Å². The molecule has 1 atom stereocenters. The highest BCUT2D eigenvalue weighted by atomic mass is 15.2. The van der Waals surface area contributed by atoms with Crippen LogP contribution in [0.1, 0.15) is 31.0 Å². The molecule has 0 fully saturated rings. The molecule has 1 unspecified atom stereocenters. The third-order valence-electron chi connectivity index (χ3n) is 10.1. The summed E-state index contributed by atoms with van der Waals surface area (Å²) in [6.45, 7) is 4.79. The van der Waals surface area contributed by atoms with E-state index in [-0.39, 0.29) is 11.5 Å². The van der Waals surface area contributed by atoms with Gasteiger partial charge in [-0.05, 0) is 75.1 Å². The van der Waals surface area contributed by atoms with Crippen LogP contribution in [-0.2, 0) is 5.41 Å². The zero-order valence-electron chi connectivity index (χ0n) is 26.1. The van der Waals surface area contributed by atoms with E-state index in [1.54, 1.807) is 0 Å². The first-order valence-corrected chi connectivity index (χ1v) is 16.2. The molecule has 8 aromatic carbocycles. The fourth-order valence-electron chi connectivity index (χ4n) is 8.06. The number of hydrogen-bond donors (Lipinski definition) is 0. The average Bonchev–Trinajstić information content (AvgIpc) is 3.35. The summed E-state index contributed by atoms with van der Waals surface area (Å²) in [4.78, 5) is 5.00. The lowest BCUT2D eigenvalue weighted by Gasteiger charge is -2.36. The summed E-state index contributed by atoms with van der Waals surface area (Å²) in [5, 5.41) is 7.70. The molecule has 0 radical (unpaired) electrons. The maximum Gasteiger partial charge on any atom is 0.0684 e. The minimum atomic E-state index is -0.0824. The lowest BCUT2D eigenvalue weighted by atomic mass is 9.77. The average molecular weight is 591 g/mol. The van der Waals surface area contributed by atoms with E-state index in [4.69, 9.17) is 0 Å². The van der Waals surface area contributed by atoms with Crippen LogP contribution in [0.25, 0.3) is 32.3 Å². The Kier molecular flexibility index (Phi) is 5.95. The van der Waals surface area contributed by atoms with Crippen LogP contribution in [0.4, 0.5) is 28.4 Å². The van der Waals surface area contributed by atoms with Gasteiger partial charge in [0.15, 0.2) is 0 Å². The number of para-hydroxylation sites is 3. The van der Waals surface area contributed by atoms with Gasteiger partial charge in [-0.25, -0.2) is 0 Å². The highest BCUT2D eigenvalue weighted by Gasteiger charge is 2.46. The van der Waals surface area contributed by atoms with E-state index in [2.05, 4.69) is 187 Å². The van der Waals surface area contributed by atoms with Crippen molar-refractivity contribution < 1.29 is 0 Å². The Labute approximate surface area is 270 Å². The minimum Gasteiger partial charge on any atom is -0.332 e. The summed E-state index contributed by atoms with van der Waals surface area (Å²) in [5.74, 6) is 0. The monoisotopic (exact) mass is 590 g/mol. The highest BCUT2D eigenvalue weighted by molar-refractivity contribution is 6.28. The van der Waals surface area contributed by atoms with Crippen LogP contribution in [0.15, 0.2) is 164 Å². The Balaban J connectivity index is 1.32. The van der Waals surface area contributed by atoms with Gasteiger partial charge in [0.05, 0.1) is 11.7 Å². The van der Waals surface area contributed by atoms with Crippen molar-refractivity contribution >= 4 is 60.8 Å². The summed E-state index contributed by atoms with van der Waals surface area (Å²) < 4.78 is 0. The number of rotatable bonds is 5. The Morgan fingerprint density at radius 1 is 0.478 bits per heavy atom. The molecule has 1 aliphatic heterocycles. The van der Waals surface area contributed by atoms with E-state index in [1.807, 2.05) is 0 Å². The molecule has 0 aliphatic carbocycles. The van der Waals surface area contributed by atoms with Crippen LogP contribution in [0.5, 0.6) is 0 Å². The van der Waals surface area contributed by atoms with Crippen LogP contribution < -0.4 is 9.80 Å². The number of nitrogens with zero attached hydrogens (tertiary/aromatic N) is 2. The molecule has 8 aromatic rings. The first kappa shape index (κ1) is 26.8. The first-order valence-electron chi connectivity index (χ1n) is 16.2. The van der Waals surface area contributed by atoms with Gasteiger partial charge < -0.3 is 9.80 Å². The molecule has 1 heterocycles. The quantitative estimate of drug-likeness (QED) is 0.184. The molecule has 0 saturated carbocycles. The Morgan fingerprint density at radius 3 is 1.67 bits per heavy atom. The highest BCUT2D eigenvalue weighted by Crippen LogP contribution is 2.57. The number of anilines is 5. The molecule has 0 spiro atoms. The lowest BCUT2D eigenvalue weighted by Crippen LogP contribution is -2.31. The topological polar surface area (TPSA) is 6.48 Å². The van der Waals surface area contributed by atoms with Gasteiger partial charge >= 0.3 is 0 Å². The Bertz CT molecular complexity index is 2300. The van der Waals surface area contributed by atoms with Gasteiger partial charge in [-0.15, -0.1) is 0 Å². The standard InChI is InChI=1S/C44H34N2/c1-44(2)37-20-12-13-21-40(37)46(43(44)32-14-6-3-7-15-32)39-29-25-31-22-26-35-38(28-24-30-23-27-36(39)42(31)41(30)35)45(33-16-8-4-9-17-33)34-18-10-5-11-19-34/h3-29,43H,1-2H3. The zero-order valence-corrected chi connectivity index (χ0v) is 26.1. The van der Waals surface area contributed by atoms with Crippen LogP contribution in [0.2, 0.25) is 0 Å². The van der Waals surface area contributed by atoms with E-state index in [9.17, 15) is 0 Å². The van der Waals surface area contributed by atoms with Gasteiger partial charge in [-0.1, -0.05) is 135 Å². The van der Waals surface area contributed by atoms with Gasteiger partial charge in [0.2, 0.25) is 0 Å². The van der Waals surface area contributed by atoms with E-state index >= 15 is 0 Å². The van der Waals surface area contributed by atoms with Gasteiger partial charge in [0.1, 0.15) is 0 Å². The second-order valence-electron chi connectivity index (χ2n) is 13.0. The maximum absolute atomic E-state index is 2.61. The molecule has 2 nitrogen and oxygen atoms in total. The lowest BCUT2D eigenvalue weighted by molar-refractivity contribution is 0.449. The third-order valence-corrected chi connectivity index (χ3v) is 10.1. The van der Waals surface area contributed by atoms with Crippen molar-refractivity contribution in [2.75, 3.05) is 9.80 Å². The van der Waals surface area contributed by atoms with Gasteiger partial charge in [0, 0.05) is 38.9 Å². The molecule has 0 saturated heterocycles. The fourth-order valence-corrected chi connectivity index (χ4v) is 8.06. The number of hydrogen-bond acceptors (Lipinski definition) is 2. The minimum absolute atomic E-state index is 0.0824. The van der Waals surface area contributed by atoms with Crippen molar-refractivity contribution in [3.63, 3.8) is 0 Å². The molecule has 2 heteroatoms. The van der Waals surface area contributed by atoms with Crippen LogP contribution >= 0.6 is 0 Å². The van der Waals surface area contributed by atoms with E-state index < -0.39 is 0 Å². The molecule has 0 N–H and O–H groups in total. The normalized spacial score (nSPS) is 15.5. The summed E-state index contributed by atoms with van der Waals surface area (Å²) in [6, 6.07) is 60.1. The first-order chi connectivity index (χ1) is 22.6. The zero-order chi connectivity index (χ0) is 30.8. The summed E-state index contributed by atoms with van der Waals surface area (Å²) in [7, 11) is 0. The predicted molar refractivity (Wildman–Crippen MR) is 196 cm³/mol. The SMILES string of the molecule is CC1(C)c2ccccc2N(c2ccc3ccc4c(N(c5ccccc5)c5ccccc5)ccc5ccc2c3c54)C1c1ccccc1.